The molecule has 2 aromatic carbocycles. The van der Waals surface area contributed by atoms with E-state index in [1.54, 1.807) is 37.1 Å². The Balaban J connectivity index is 1.73. The summed E-state index contributed by atoms with van der Waals surface area (Å²) in [6.45, 7) is 2.22. The normalized spacial score (nSPS) is 13.9. The lowest BCUT2D eigenvalue weighted by Crippen LogP contribution is -2.46. The molecule has 0 spiro atoms. The fourth-order valence-electron chi connectivity index (χ4n) is 2.98. The van der Waals surface area contributed by atoms with Crippen molar-refractivity contribution in [2.24, 2.45) is 0 Å². The predicted molar refractivity (Wildman–Crippen MR) is 102 cm³/mol. The molecule has 2 amide bonds. The Morgan fingerprint density at radius 3 is 2.73 bits per heavy atom. The first-order valence-electron chi connectivity index (χ1n) is 8.15. The number of fused-ring (bicyclic) bond motifs is 1. The topological polar surface area (TPSA) is 58.6 Å². The number of hydrogen-bond acceptors (Lipinski definition) is 3. The molecule has 1 unspecified atom stereocenters. The van der Waals surface area contributed by atoms with Gasteiger partial charge in [0.25, 0.3) is 5.91 Å². The molecule has 0 aromatic heterocycles. The Bertz CT molecular complexity index is 870. The van der Waals surface area contributed by atoms with Crippen molar-refractivity contribution in [1.29, 1.82) is 0 Å². The molecule has 1 aliphatic rings. The smallest absolute Gasteiger partial charge is 0.253 e. The van der Waals surface area contributed by atoms with Crippen LogP contribution in [0.25, 0.3) is 0 Å². The highest BCUT2D eigenvalue weighted by atomic mass is 35.5. The number of carbonyl (C=O) groups excluding carboxylic acids is 2. The van der Waals surface area contributed by atoms with Gasteiger partial charge in [-0.05, 0) is 49.2 Å². The fraction of sp³-hybridized carbons (Fsp3) is 0.263. The molecule has 7 heteroatoms. The van der Waals surface area contributed by atoms with E-state index in [0.717, 1.165) is 23.4 Å². The van der Waals surface area contributed by atoms with Crippen LogP contribution in [-0.4, -0.2) is 31.5 Å². The number of methoxy groups -OCH3 is 1. The van der Waals surface area contributed by atoms with Gasteiger partial charge in [0.1, 0.15) is 11.8 Å². The first-order valence-corrected chi connectivity index (χ1v) is 8.91. The Morgan fingerprint density at radius 2 is 2.00 bits per heavy atom. The molecule has 0 radical (unpaired) electrons. The molecule has 0 bridgehead atoms. The second-order valence-electron chi connectivity index (χ2n) is 6.03. The molecule has 0 fully saturated rings. The van der Waals surface area contributed by atoms with Crippen LogP contribution in [0.4, 0.5) is 5.69 Å². The van der Waals surface area contributed by atoms with E-state index in [-0.39, 0.29) is 16.5 Å². The summed E-state index contributed by atoms with van der Waals surface area (Å²) in [7, 11) is 1.61. The second-order valence-corrected chi connectivity index (χ2v) is 6.82. The van der Waals surface area contributed by atoms with Crippen LogP contribution in [0.15, 0.2) is 36.4 Å². The van der Waals surface area contributed by atoms with Gasteiger partial charge in [-0.25, -0.2) is 0 Å². The predicted octanol–water partition coefficient (Wildman–Crippen LogP) is 3.71. The molecule has 2 aromatic rings. The SMILES string of the molecule is COc1ccc2c(c1)CCN2C(=O)C(C)NC(=O)c1cccc(Cl)c1Cl. The number of rotatable bonds is 4. The third kappa shape index (κ3) is 3.50. The highest BCUT2D eigenvalue weighted by molar-refractivity contribution is 6.43. The summed E-state index contributed by atoms with van der Waals surface area (Å²) in [5, 5.41) is 3.16. The van der Waals surface area contributed by atoms with Gasteiger partial charge < -0.3 is 15.0 Å². The molecule has 136 valence electrons. The number of nitrogens with zero attached hydrogens (tertiary/aromatic N) is 1. The van der Waals surface area contributed by atoms with Crippen LogP contribution in [0.3, 0.4) is 0 Å². The van der Waals surface area contributed by atoms with Crippen molar-refractivity contribution >= 4 is 40.7 Å². The minimum atomic E-state index is -0.703. The highest BCUT2D eigenvalue weighted by Crippen LogP contribution is 2.31. The summed E-state index contributed by atoms with van der Waals surface area (Å²) in [6, 6.07) is 9.71. The monoisotopic (exact) mass is 392 g/mol. The van der Waals surface area contributed by atoms with E-state index >= 15 is 0 Å². The minimum Gasteiger partial charge on any atom is -0.497 e. The zero-order valence-electron chi connectivity index (χ0n) is 14.4. The lowest BCUT2D eigenvalue weighted by Gasteiger charge is -2.22. The molecule has 5 nitrogen and oxygen atoms in total. The van der Waals surface area contributed by atoms with Gasteiger partial charge in [-0.3, -0.25) is 9.59 Å². The summed E-state index contributed by atoms with van der Waals surface area (Å²) >= 11 is 12.0. The van der Waals surface area contributed by atoms with Crippen LogP contribution in [0.5, 0.6) is 5.75 Å². The van der Waals surface area contributed by atoms with E-state index in [0.29, 0.717) is 11.6 Å². The van der Waals surface area contributed by atoms with E-state index in [2.05, 4.69) is 5.32 Å². The second kappa shape index (κ2) is 7.56. The standard InChI is InChI=1S/C19H18Cl2N2O3/c1-11(22-18(24)14-4-3-5-15(20)17(14)21)19(25)23-9-8-12-10-13(26-2)6-7-16(12)23/h3-7,10-11H,8-9H2,1-2H3,(H,22,24). The van der Waals surface area contributed by atoms with Crippen molar-refractivity contribution in [3.8, 4) is 5.75 Å². The van der Waals surface area contributed by atoms with Crippen LogP contribution < -0.4 is 15.0 Å². The summed E-state index contributed by atoms with van der Waals surface area (Å²) < 4.78 is 5.22. The number of hydrogen-bond donors (Lipinski definition) is 1. The molecule has 1 N–H and O–H groups in total. The number of amides is 2. The molecule has 0 saturated carbocycles. The third-order valence-electron chi connectivity index (χ3n) is 4.36. The number of benzene rings is 2. The third-order valence-corrected chi connectivity index (χ3v) is 5.18. The lowest BCUT2D eigenvalue weighted by atomic mass is 10.1. The van der Waals surface area contributed by atoms with Crippen molar-refractivity contribution in [2.75, 3.05) is 18.6 Å². The van der Waals surface area contributed by atoms with Crippen molar-refractivity contribution < 1.29 is 14.3 Å². The first-order chi connectivity index (χ1) is 12.4. The zero-order chi connectivity index (χ0) is 18.8. The van der Waals surface area contributed by atoms with Gasteiger partial charge in [-0.15, -0.1) is 0 Å². The van der Waals surface area contributed by atoms with E-state index in [4.69, 9.17) is 27.9 Å². The number of carbonyl (C=O) groups is 2. The van der Waals surface area contributed by atoms with Crippen LogP contribution in [-0.2, 0) is 11.2 Å². The molecule has 0 saturated heterocycles. The Labute approximate surface area is 161 Å². The van der Waals surface area contributed by atoms with Crippen LogP contribution in [0.1, 0.15) is 22.8 Å². The number of ether oxygens (including phenoxy) is 1. The van der Waals surface area contributed by atoms with E-state index in [9.17, 15) is 9.59 Å². The van der Waals surface area contributed by atoms with E-state index in [1.165, 1.54) is 0 Å². The number of nitrogens with one attached hydrogen (secondary N) is 1. The largest absolute Gasteiger partial charge is 0.497 e. The molecule has 0 aliphatic carbocycles. The first kappa shape index (κ1) is 18.5. The molecule has 1 heterocycles. The molecular formula is C19H18Cl2N2O3. The fourth-order valence-corrected chi connectivity index (χ4v) is 3.37. The van der Waals surface area contributed by atoms with Gasteiger partial charge >= 0.3 is 0 Å². The maximum Gasteiger partial charge on any atom is 0.253 e. The van der Waals surface area contributed by atoms with E-state index in [1.807, 2.05) is 18.2 Å². The Hall–Kier alpha value is -2.24. The average molecular weight is 393 g/mol. The van der Waals surface area contributed by atoms with Crippen LogP contribution in [0.2, 0.25) is 10.0 Å². The average Bonchev–Trinajstić information content (AvgIpc) is 3.06. The van der Waals surface area contributed by atoms with Gasteiger partial charge in [0.15, 0.2) is 0 Å². The van der Waals surface area contributed by atoms with Crippen molar-refractivity contribution in [1.82, 2.24) is 5.32 Å². The van der Waals surface area contributed by atoms with Crippen molar-refractivity contribution in [3.63, 3.8) is 0 Å². The molecule has 3 rings (SSSR count). The van der Waals surface area contributed by atoms with Crippen molar-refractivity contribution in [3.05, 3.63) is 57.6 Å². The van der Waals surface area contributed by atoms with Crippen molar-refractivity contribution in [2.45, 2.75) is 19.4 Å². The zero-order valence-corrected chi connectivity index (χ0v) is 15.9. The molecular weight excluding hydrogens is 375 g/mol. The Kier molecular flexibility index (Phi) is 5.39. The van der Waals surface area contributed by atoms with Crippen LogP contribution >= 0.6 is 23.2 Å². The number of anilines is 1. The summed E-state index contributed by atoms with van der Waals surface area (Å²) in [4.78, 5) is 26.9. The molecule has 1 atom stereocenters. The van der Waals surface area contributed by atoms with Crippen LogP contribution in [0, 0.1) is 0 Å². The maximum atomic E-state index is 12.8. The van der Waals surface area contributed by atoms with Gasteiger partial charge in [0.2, 0.25) is 5.91 Å². The van der Waals surface area contributed by atoms with Gasteiger partial charge in [0, 0.05) is 12.2 Å². The molecule has 1 aliphatic heterocycles. The lowest BCUT2D eigenvalue weighted by molar-refractivity contribution is -0.119. The summed E-state index contributed by atoms with van der Waals surface area (Å²) in [6.07, 6.45) is 0.749. The highest BCUT2D eigenvalue weighted by Gasteiger charge is 2.29. The maximum absolute atomic E-state index is 12.8. The Morgan fingerprint density at radius 1 is 1.23 bits per heavy atom. The minimum absolute atomic E-state index is 0.171. The summed E-state index contributed by atoms with van der Waals surface area (Å²) in [5.74, 6) is 0.142. The summed E-state index contributed by atoms with van der Waals surface area (Å²) in [5.41, 5.74) is 2.14. The molecule has 26 heavy (non-hydrogen) atoms. The van der Waals surface area contributed by atoms with Gasteiger partial charge in [-0.2, -0.15) is 0 Å². The quantitative estimate of drug-likeness (QED) is 0.862. The van der Waals surface area contributed by atoms with E-state index < -0.39 is 11.9 Å². The number of halogens is 2. The van der Waals surface area contributed by atoms with Gasteiger partial charge in [0.05, 0.1) is 22.7 Å². The van der Waals surface area contributed by atoms with Gasteiger partial charge in [-0.1, -0.05) is 29.3 Å².